The first-order valence-corrected chi connectivity index (χ1v) is 13.0. The Bertz CT molecular complexity index is 1560. The maximum absolute atomic E-state index is 13.2. The van der Waals surface area contributed by atoms with E-state index in [0.29, 0.717) is 15.3 Å². The van der Waals surface area contributed by atoms with Gasteiger partial charge in [0, 0.05) is 10.6 Å². The van der Waals surface area contributed by atoms with Gasteiger partial charge in [-0.3, -0.25) is 13.5 Å². The van der Waals surface area contributed by atoms with Crippen LogP contribution < -0.4 is 16.1 Å². The molecule has 0 bridgehead atoms. The van der Waals surface area contributed by atoms with Crippen LogP contribution in [0.4, 0.5) is 26.3 Å². The van der Waals surface area contributed by atoms with Crippen molar-refractivity contribution in [1.82, 2.24) is 19.7 Å². The number of aliphatic hydroxyl groups is 1. The third-order valence-electron chi connectivity index (χ3n) is 5.40. The van der Waals surface area contributed by atoms with Crippen LogP contribution in [0, 0.1) is 0 Å². The number of aliphatic hydroxyl groups excluding tert-OH is 1. The number of amides is 1. The van der Waals surface area contributed by atoms with Crippen LogP contribution in [0.2, 0.25) is 5.02 Å². The molecule has 3 rings (SSSR count). The Morgan fingerprint density at radius 2 is 1.76 bits per heavy atom. The highest BCUT2D eigenvalue weighted by Gasteiger charge is 2.39. The van der Waals surface area contributed by atoms with Gasteiger partial charge in [-0.15, -0.1) is 5.10 Å². The Hall–Kier alpha value is -3.45. The summed E-state index contributed by atoms with van der Waals surface area (Å²) in [6.07, 6.45) is -12.9. The summed E-state index contributed by atoms with van der Waals surface area (Å²) in [6.45, 7) is -3.20. The van der Waals surface area contributed by atoms with Gasteiger partial charge in [0.2, 0.25) is 5.91 Å². The molecule has 1 heterocycles. The average Bonchev–Trinajstić information content (AvgIpc) is 3.15. The van der Waals surface area contributed by atoms with Crippen LogP contribution >= 0.6 is 11.6 Å². The van der Waals surface area contributed by atoms with Crippen molar-refractivity contribution >= 4 is 27.8 Å². The predicted octanol–water partition coefficient (Wildman–Crippen LogP) is 2.38. The molecule has 11 nitrogen and oxygen atoms in total. The Labute approximate surface area is 232 Å². The van der Waals surface area contributed by atoms with Crippen LogP contribution in [0.5, 0.6) is 0 Å². The summed E-state index contributed by atoms with van der Waals surface area (Å²) in [7, 11) is -4.60. The topological polar surface area (TPSA) is 159 Å². The molecule has 0 fully saturated rings. The van der Waals surface area contributed by atoms with E-state index in [1.807, 2.05) is 0 Å². The highest BCUT2D eigenvalue weighted by molar-refractivity contribution is 7.84. The van der Waals surface area contributed by atoms with E-state index >= 15 is 0 Å². The van der Waals surface area contributed by atoms with Gasteiger partial charge >= 0.3 is 28.3 Å². The minimum absolute atomic E-state index is 0.100. The van der Waals surface area contributed by atoms with Gasteiger partial charge in [-0.2, -0.15) is 34.8 Å². The van der Waals surface area contributed by atoms with Gasteiger partial charge in [0.05, 0.1) is 24.8 Å². The van der Waals surface area contributed by atoms with Gasteiger partial charge in [0.15, 0.2) is 11.9 Å². The van der Waals surface area contributed by atoms with E-state index in [4.69, 9.17) is 16.7 Å². The summed E-state index contributed by atoms with van der Waals surface area (Å²) in [6, 6.07) is 7.27. The van der Waals surface area contributed by atoms with Gasteiger partial charge in [0.25, 0.3) is 0 Å². The molecule has 2 atom stereocenters. The summed E-state index contributed by atoms with van der Waals surface area (Å²) in [5, 5.41) is 20.7. The number of halogens is 7. The van der Waals surface area contributed by atoms with Gasteiger partial charge < -0.3 is 10.4 Å². The molecule has 0 spiro atoms. The highest BCUT2D eigenvalue weighted by Crippen LogP contribution is 2.31. The number of carbonyl (C=O) groups excluding carboxylic acids is 1. The molecule has 0 radical (unpaired) electrons. The number of nitrogens with two attached hydrogens (primary N) is 1. The smallest absolute Gasteiger partial charge is 0.382 e. The first-order chi connectivity index (χ1) is 18.8. The third kappa shape index (κ3) is 8.77. The number of alkyl halides is 6. The second kappa shape index (κ2) is 12.2. The van der Waals surface area contributed by atoms with Crippen molar-refractivity contribution < 1.29 is 48.8 Å². The van der Waals surface area contributed by atoms with Crippen LogP contribution in [0.15, 0.2) is 53.3 Å². The van der Waals surface area contributed by atoms with E-state index < -0.39 is 71.7 Å². The fraction of sp³-hybridized carbons (Fsp3) is 0.318. The molecule has 19 heteroatoms. The Balaban J connectivity index is 1.95. The van der Waals surface area contributed by atoms with Crippen LogP contribution in [0.25, 0.3) is 11.4 Å². The molecule has 224 valence electrons. The van der Waals surface area contributed by atoms with Crippen LogP contribution in [0.3, 0.4) is 0 Å². The van der Waals surface area contributed by atoms with Crippen molar-refractivity contribution in [2.45, 2.75) is 37.6 Å². The van der Waals surface area contributed by atoms with Crippen molar-refractivity contribution in [3.05, 3.63) is 75.2 Å². The van der Waals surface area contributed by atoms with Crippen molar-refractivity contribution in [3.8, 4) is 11.4 Å². The number of rotatable bonds is 10. The summed E-state index contributed by atoms with van der Waals surface area (Å²) < 4.78 is 107. The summed E-state index contributed by atoms with van der Waals surface area (Å²) in [5.41, 5.74) is -2.52. The molecule has 4 N–H and O–H groups in total. The first-order valence-electron chi connectivity index (χ1n) is 11.2. The minimum Gasteiger partial charge on any atom is -0.382 e. The Morgan fingerprint density at radius 3 is 2.32 bits per heavy atom. The molecule has 0 aliphatic carbocycles. The molecule has 3 aromatic rings. The number of nitrogens with zero attached hydrogens (tertiary/aromatic N) is 3. The maximum atomic E-state index is 13.2. The fourth-order valence-electron chi connectivity index (χ4n) is 3.49. The third-order valence-corrected chi connectivity index (χ3v) is 6.12. The highest BCUT2D eigenvalue weighted by atomic mass is 35.5. The molecule has 41 heavy (non-hydrogen) atoms. The number of benzene rings is 2. The fourth-order valence-corrected chi connectivity index (χ4v) is 3.94. The molecule has 1 unspecified atom stereocenters. The van der Waals surface area contributed by atoms with Crippen LogP contribution in [-0.2, 0) is 38.5 Å². The first kappa shape index (κ1) is 32.1. The number of aromatic nitrogens is 3. The Morgan fingerprint density at radius 1 is 1.12 bits per heavy atom. The van der Waals surface area contributed by atoms with E-state index in [1.165, 1.54) is 24.3 Å². The van der Waals surface area contributed by atoms with E-state index in [0.717, 1.165) is 18.2 Å². The van der Waals surface area contributed by atoms with E-state index in [9.17, 15) is 49.5 Å². The molecule has 1 amide bonds. The lowest BCUT2D eigenvalue weighted by molar-refractivity contribution is -0.207. The SMILES string of the molecule is NS(=O)(=O)OCC(NC(=O)Cn1nc(-c2ccc(Cl)cc2)n(C[C@H](O)C(F)(F)F)c1=O)c1cccc(C(F)(F)F)c1. The van der Waals surface area contributed by atoms with Crippen molar-refractivity contribution in [3.63, 3.8) is 0 Å². The summed E-state index contributed by atoms with van der Waals surface area (Å²) in [5.74, 6) is -1.48. The predicted molar refractivity (Wildman–Crippen MR) is 130 cm³/mol. The lowest BCUT2D eigenvalue weighted by atomic mass is 10.0. The van der Waals surface area contributed by atoms with E-state index in [2.05, 4.69) is 14.6 Å². The molecule has 0 saturated carbocycles. The van der Waals surface area contributed by atoms with E-state index in [-0.39, 0.29) is 22.0 Å². The Kier molecular flexibility index (Phi) is 9.54. The van der Waals surface area contributed by atoms with Crippen LogP contribution in [0.1, 0.15) is 17.2 Å². The second-order valence-electron chi connectivity index (χ2n) is 8.46. The monoisotopic (exact) mass is 631 g/mol. The summed E-state index contributed by atoms with van der Waals surface area (Å²) in [4.78, 5) is 25.7. The second-order valence-corrected chi connectivity index (χ2v) is 10.1. The summed E-state index contributed by atoms with van der Waals surface area (Å²) >= 11 is 5.82. The molecule has 2 aromatic carbocycles. The number of nitrogens with one attached hydrogen (secondary N) is 1. The van der Waals surface area contributed by atoms with Crippen LogP contribution in [-0.4, -0.2) is 52.7 Å². The van der Waals surface area contributed by atoms with Crippen molar-refractivity contribution in [1.29, 1.82) is 0 Å². The molecule has 0 saturated heterocycles. The van der Waals surface area contributed by atoms with Gasteiger partial charge in [-0.1, -0.05) is 23.7 Å². The van der Waals surface area contributed by atoms with Gasteiger partial charge in [-0.05, 0) is 42.0 Å². The molecule has 1 aromatic heterocycles. The normalized spacial score (nSPS) is 14.1. The molecule has 0 aliphatic heterocycles. The minimum atomic E-state index is -5.10. The van der Waals surface area contributed by atoms with E-state index in [1.54, 1.807) is 0 Å². The zero-order valence-electron chi connectivity index (χ0n) is 20.4. The molecular weight excluding hydrogens is 612 g/mol. The zero-order chi connectivity index (χ0) is 30.8. The van der Waals surface area contributed by atoms with Gasteiger partial charge in [-0.25, -0.2) is 14.6 Å². The largest absolute Gasteiger partial charge is 0.416 e. The quantitative estimate of drug-likeness (QED) is 0.290. The van der Waals surface area contributed by atoms with Crippen molar-refractivity contribution in [2.24, 2.45) is 5.14 Å². The molecular formula is C22H20ClF6N5O6S. The standard InChI is InChI=1S/C22H20ClF6N5O6S/c23-15-6-4-12(5-7-15)19-32-34(20(37)33(19)9-17(35)22(27,28)29)10-18(36)31-16(11-40-41(30,38)39)13-2-1-3-14(8-13)21(24,25)26/h1-8,16-17,35H,9-11H2,(H,31,36)(H2,30,38,39)/t16?,17-/m0/s1. The molecule has 0 aliphatic rings. The van der Waals surface area contributed by atoms with Crippen molar-refractivity contribution in [2.75, 3.05) is 6.61 Å². The number of hydrogen-bond donors (Lipinski definition) is 3. The number of hydrogen-bond acceptors (Lipinski definition) is 7. The zero-order valence-corrected chi connectivity index (χ0v) is 21.9. The average molecular weight is 632 g/mol. The number of carbonyl (C=O) groups is 1. The maximum Gasteiger partial charge on any atom is 0.416 e. The van der Waals surface area contributed by atoms with Gasteiger partial charge in [0.1, 0.15) is 6.54 Å². The lowest BCUT2D eigenvalue weighted by Gasteiger charge is -2.20. The lowest BCUT2D eigenvalue weighted by Crippen LogP contribution is -2.39.